The average Bonchev–Trinajstić information content (AvgIpc) is 2.78. The van der Waals surface area contributed by atoms with E-state index < -0.39 is 0 Å². The quantitative estimate of drug-likeness (QED) is 0.797. The molecule has 0 aliphatic carbocycles. The van der Waals surface area contributed by atoms with Crippen molar-refractivity contribution in [1.29, 1.82) is 0 Å². The number of halogens is 1. The molecule has 1 N–H and O–H groups in total. The minimum Gasteiger partial charge on any atom is -0.306 e. The number of nitrogens with one attached hydrogen (secondary N) is 1. The predicted octanol–water partition coefficient (Wildman–Crippen LogP) is 3.63. The minimum absolute atomic E-state index is 0.715. The molecule has 2 heterocycles. The van der Waals surface area contributed by atoms with E-state index in [1.165, 1.54) is 4.70 Å². The topological polar surface area (TPSA) is 37.8 Å². The highest BCUT2D eigenvalue weighted by molar-refractivity contribution is 7.19. The fourth-order valence-electron chi connectivity index (χ4n) is 1.91. The average molecular weight is 290 g/mol. The lowest BCUT2D eigenvalue weighted by molar-refractivity contribution is 0.685. The summed E-state index contributed by atoms with van der Waals surface area (Å²) in [7, 11) is 0. The molecular weight excluding hydrogens is 278 g/mol. The Morgan fingerprint density at radius 1 is 1.16 bits per heavy atom. The van der Waals surface area contributed by atoms with Gasteiger partial charge in [0.25, 0.3) is 0 Å². The molecular formula is C14H12ClN3S. The van der Waals surface area contributed by atoms with E-state index in [1.54, 1.807) is 23.9 Å². The maximum Gasteiger partial charge on any atom is 0.115 e. The molecule has 0 aliphatic rings. The smallest absolute Gasteiger partial charge is 0.115 e. The van der Waals surface area contributed by atoms with Crippen LogP contribution in [-0.4, -0.2) is 9.97 Å². The van der Waals surface area contributed by atoms with Gasteiger partial charge in [0, 0.05) is 34.2 Å². The number of hydrogen-bond acceptors (Lipinski definition) is 4. The molecule has 2 aromatic heterocycles. The van der Waals surface area contributed by atoms with Crippen LogP contribution < -0.4 is 5.32 Å². The van der Waals surface area contributed by atoms with Gasteiger partial charge in [0.2, 0.25) is 0 Å². The van der Waals surface area contributed by atoms with Crippen molar-refractivity contribution in [3.63, 3.8) is 0 Å². The fourth-order valence-corrected chi connectivity index (χ4v) is 3.37. The third-order valence-electron chi connectivity index (χ3n) is 2.84. The Labute approximate surface area is 120 Å². The lowest BCUT2D eigenvalue weighted by atomic mass is 10.2. The van der Waals surface area contributed by atoms with Gasteiger partial charge in [0.15, 0.2) is 0 Å². The summed E-state index contributed by atoms with van der Waals surface area (Å²) in [4.78, 5) is 9.23. The van der Waals surface area contributed by atoms with Crippen molar-refractivity contribution in [3.05, 3.63) is 58.4 Å². The summed E-state index contributed by atoms with van der Waals surface area (Å²) in [5.74, 6) is 0. The van der Waals surface area contributed by atoms with E-state index in [1.807, 2.05) is 18.2 Å². The lowest BCUT2D eigenvalue weighted by Crippen LogP contribution is -2.13. The summed E-state index contributed by atoms with van der Waals surface area (Å²) >= 11 is 8.12. The molecule has 0 atom stereocenters. The van der Waals surface area contributed by atoms with Crippen LogP contribution in [0.3, 0.4) is 0 Å². The minimum atomic E-state index is 0.715. The summed E-state index contributed by atoms with van der Waals surface area (Å²) in [5.41, 5.74) is 0.979. The first-order valence-electron chi connectivity index (χ1n) is 5.96. The zero-order valence-corrected chi connectivity index (χ0v) is 11.7. The van der Waals surface area contributed by atoms with Crippen LogP contribution in [0.4, 0.5) is 0 Å². The van der Waals surface area contributed by atoms with E-state index in [2.05, 4.69) is 27.4 Å². The fraction of sp³-hybridized carbons (Fsp3) is 0.143. The Bertz CT molecular complexity index is 681. The molecule has 0 spiro atoms. The van der Waals surface area contributed by atoms with Gasteiger partial charge in [-0.05, 0) is 12.1 Å². The van der Waals surface area contributed by atoms with Crippen molar-refractivity contribution < 1.29 is 0 Å². The van der Waals surface area contributed by atoms with Crippen LogP contribution in [0.15, 0.2) is 42.9 Å². The number of rotatable bonds is 4. The Kier molecular flexibility index (Phi) is 3.73. The van der Waals surface area contributed by atoms with Crippen LogP contribution in [0.25, 0.3) is 10.1 Å². The second kappa shape index (κ2) is 5.65. The first-order chi connectivity index (χ1) is 9.34. The number of thiophene rings is 1. The van der Waals surface area contributed by atoms with Crippen molar-refractivity contribution in [1.82, 2.24) is 15.3 Å². The molecule has 19 heavy (non-hydrogen) atoms. The molecule has 1 aromatic carbocycles. The van der Waals surface area contributed by atoms with Crippen LogP contribution >= 0.6 is 22.9 Å². The molecule has 3 rings (SSSR count). The molecule has 3 aromatic rings. The standard InChI is InChI=1S/C14H12ClN3S/c15-14-11-3-1-2-4-12(11)19-13(14)8-17-7-10-5-6-16-9-18-10/h1-6,9,17H,7-8H2. The normalized spacial score (nSPS) is 11.0. The Balaban J connectivity index is 1.70. The Morgan fingerprint density at radius 2 is 2.05 bits per heavy atom. The largest absolute Gasteiger partial charge is 0.306 e. The number of aromatic nitrogens is 2. The SMILES string of the molecule is Clc1c(CNCc2ccncn2)sc2ccccc12. The van der Waals surface area contributed by atoms with Gasteiger partial charge in [-0.1, -0.05) is 29.8 Å². The Morgan fingerprint density at radius 3 is 2.84 bits per heavy atom. The third-order valence-corrected chi connectivity index (χ3v) is 4.55. The van der Waals surface area contributed by atoms with E-state index in [0.29, 0.717) is 6.54 Å². The van der Waals surface area contributed by atoms with Crippen molar-refractivity contribution in [2.45, 2.75) is 13.1 Å². The number of benzene rings is 1. The maximum atomic E-state index is 6.38. The second-order valence-corrected chi connectivity index (χ2v) is 5.65. The summed E-state index contributed by atoms with van der Waals surface area (Å²) in [6.07, 6.45) is 3.31. The summed E-state index contributed by atoms with van der Waals surface area (Å²) in [6.45, 7) is 1.47. The second-order valence-electron chi connectivity index (χ2n) is 4.14. The van der Waals surface area contributed by atoms with Crippen molar-refractivity contribution in [3.8, 4) is 0 Å². The molecule has 0 unspecified atom stereocenters. The van der Waals surface area contributed by atoms with E-state index in [-0.39, 0.29) is 0 Å². The van der Waals surface area contributed by atoms with Gasteiger partial charge in [0.05, 0.1) is 10.7 Å². The monoisotopic (exact) mass is 289 g/mol. The maximum absolute atomic E-state index is 6.38. The molecule has 0 radical (unpaired) electrons. The van der Waals surface area contributed by atoms with Crippen molar-refractivity contribution in [2.75, 3.05) is 0 Å². The zero-order valence-electron chi connectivity index (χ0n) is 10.1. The van der Waals surface area contributed by atoms with Gasteiger partial charge in [-0.15, -0.1) is 11.3 Å². The van der Waals surface area contributed by atoms with Crippen molar-refractivity contribution >= 4 is 33.0 Å². The van der Waals surface area contributed by atoms with Gasteiger partial charge < -0.3 is 5.32 Å². The summed E-state index contributed by atoms with van der Waals surface area (Å²) in [5, 5.41) is 5.35. The van der Waals surface area contributed by atoms with E-state index in [0.717, 1.165) is 27.5 Å². The highest BCUT2D eigenvalue weighted by Crippen LogP contribution is 2.34. The lowest BCUT2D eigenvalue weighted by Gasteiger charge is -2.02. The predicted molar refractivity (Wildman–Crippen MR) is 79.4 cm³/mol. The van der Waals surface area contributed by atoms with E-state index in [9.17, 15) is 0 Å². The highest BCUT2D eigenvalue weighted by Gasteiger charge is 2.09. The van der Waals surface area contributed by atoms with Crippen LogP contribution in [0.5, 0.6) is 0 Å². The number of fused-ring (bicyclic) bond motifs is 1. The zero-order chi connectivity index (χ0) is 13.1. The molecule has 0 bridgehead atoms. The van der Waals surface area contributed by atoms with E-state index in [4.69, 9.17) is 11.6 Å². The van der Waals surface area contributed by atoms with Crippen LogP contribution in [0, 0.1) is 0 Å². The van der Waals surface area contributed by atoms with Gasteiger partial charge in [-0.3, -0.25) is 0 Å². The van der Waals surface area contributed by atoms with Crippen molar-refractivity contribution in [2.24, 2.45) is 0 Å². The van der Waals surface area contributed by atoms with Gasteiger partial charge >= 0.3 is 0 Å². The Hall–Kier alpha value is -1.49. The van der Waals surface area contributed by atoms with Crippen LogP contribution in [0.2, 0.25) is 5.02 Å². The van der Waals surface area contributed by atoms with Gasteiger partial charge in [-0.25, -0.2) is 9.97 Å². The third kappa shape index (κ3) is 2.76. The molecule has 96 valence electrons. The molecule has 0 fully saturated rings. The first-order valence-corrected chi connectivity index (χ1v) is 7.15. The summed E-state index contributed by atoms with van der Waals surface area (Å²) in [6, 6.07) is 10.1. The molecule has 0 amide bonds. The first kappa shape index (κ1) is 12.5. The highest BCUT2D eigenvalue weighted by atomic mass is 35.5. The number of hydrogen-bond donors (Lipinski definition) is 1. The molecule has 5 heteroatoms. The van der Waals surface area contributed by atoms with Gasteiger partial charge in [0.1, 0.15) is 6.33 Å². The van der Waals surface area contributed by atoms with Crippen LogP contribution in [0.1, 0.15) is 10.6 Å². The summed E-state index contributed by atoms with van der Waals surface area (Å²) < 4.78 is 1.23. The number of nitrogens with zero attached hydrogens (tertiary/aromatic N) is 2. The molecule has 3 nitrogen and oxygen atoms in total. The molecule has 0 saturated carbocycles. The molecule has 0 saturated heterocycles. The molecule has 0 aliphatic heterocycles. The van der Waals surface area contributed by atoms with Gasteiger partial charge in [-0.2, -0.15) is 0 Å². The van der Waals surface area contributed by atoms with E-state index >= 15 is 0 Å². The van der Waals surface area contributed by atoms with Crippen LogP contribution in [-0.2, 0) is 13.1 Å².